The van der Waals surface area contributed by atoms with Crippen LogP contribution in [-0.2, 0) is 6.54 Å². The van der Waals surface area contributed by atoms with Crippen LogP contribution >= 0.6 is 0 Å². The van der Waals surface area contributed by atoms with Gasteiger partial charge in [-0.05, 0) is 57.3 Å². The third kappa shape index (κ3) is 4.10. The van der Waals surface area contributed by atoms with Crippen molar-refractivity contribution in [3.8, 4) is 0 Å². The van der Waals surface area contributed by atoms with Crippen molar-refractivity contribution in [2.45, 2.75) is 46.1 Å². The SMILES string of the molecule is CNCC1(CN(C)Cc2ccc(C)o2)CCCC(C)C1. The van der Waals surface area contributed by atoms with Crippen molar-refractivity contribution in [1.82, 2.24) is 10.2 Å². The Morgan fingerprint density at radius 3 is 2.85 bits per heavy atom. The summed E-state index contributed by atoms with van der Waals surface area (Å²) >= 11 is 0. The fourth-order valence-corrected chi connectivity index (χ4v) is 3.97. The van der Waals surface area contributed by atoms with E-state index in [0.717, 1.165) is 37.1 Å². The molecule has 1 saturated carbocycles. The molecule has 1 aliphatic rings. The highest BCUT2D eigenvalue weighted by molar-refractivity contribution is 5.05. The van der Waals surface area contributed by atoms with Gasteiger partial charge in [0.25, 0.3) is 0 Å². The minimum Gasteiger partial charge on any atom is -0.465 e. The minimum atomic E-state index is 0.433. The first-order valence-electron chi connectivity index (χ1n) is 7.91. The third-order valence-electron chi connectivity index (χ3n) is 4.56. The Morgan fingerprint density at radius 2 is 2.25 bits per heavy atom. The Bertz CT molecular complexity index is 411. The number of nitrogens with zero attached hydrogens (tertiary/aromatic N) is 1. The van der Waals surface area contributed by atoms with Crippen molar-refractivity contribution in [2.75, 3.05) is 27.2 Å². The smallest absolute Gasteiger partial charge is 0.118 e. The number of aryl methyl sites for hydroxylation is 1. The number of furan rings is 1. The molecule has 3 heteroatoms. The van der Waals surface area contributed by atoms with Gasteiger partial charge in [0, 0.05) is 13.1 Å². The molecule has 0 aliphatic heterocycles. The molecule has 0 spiro atoms. The number of hydrogen-bond donors (Lipinski definition) is 1. The normalized spacial score (nSPS) is 27.1. The monoisotopic (exact) mass is 278 g/mol. The van der Waals surface area contributed by atoms with E-state index < -0.39 is 0 Å². The molecule has 2 rings (SSSR count). The molecule has 1 fully saturated rings. The zero-order valence-electron chi connectivity index (χ0n) is 13.5. The van der Waals surface area contributed by atoms with Gasteiger partial charge in [-0.1, -0.05) is 19.8 Å². The predicted octanol–water partition coefficient (Wildman–Crippen LogP) is 3.44. The summed E-state index contributed by atoms with van der Waals surface area (Å²) in [5.41, 5.74) is 0.433. The van der Waals surface area contributed by atoms with Crippen LogP contribution in [0.3, 0.4) is 0 Å². The van der Waals surface area contributed by atoms with Gasteiger partial charge in [0.05, 0.1) is 6.54 Å². The standard InChI is InChI=1S/C17H30N2O/c1-14-6-5-9-17(10-14,12-18-3)13-19(4)11-16-8-7-15(2)20-16/h7-8,14,18H,5-6,9-13H2,1-4H3. The van der Waals surface area contributed by atoms with E-state index in [2.05, 4.69) is 43.4 Å². The molecule has 0 radical (unpaired) electrons. The van der Waals surface area contributed by atoms with Crippen LogP contribution in [0.15, 0.2) is 16.5 Å². The van der Waals surface area contributed by atoms with Crippen molar-refractivity contribution in [3.63, 3.8) is 0 Å². The third-order valence-corrected chi connectivity index (χ3v) is 4.56. The van der Waals surface area contributed by atoms with Crippen LogP contribution in [0.2, 0.25) is 0 Å². The number of rotatable bonds is 6. The summed E-state index contributed by atoms with van der Waals surface area (Å²) in [6, 6.07) is 4.15. The summed E-state index contributed by atoms with van der Waals surface area (Å²) in [7, 11) is 4.30. The lowest BCUT2D eigenvalue weighted by atomic mass is 9.69. The molecule has 20 heavy (non-hydrogen) atoms. The maximum absolute atomic E-state index is 5.70. The highest BCUT2D eigenvalue weighted by atomic mass is 16.3. The molecule has 2 unspecified atom stereocenters. The van der Waals surface area contributed by atoms with Gasteiger partial charge in [0.2, 0.25) is 0 Å². The van der Waals surface area contributed by atoms with Gasteiger partial charge < -0.3 is 9.73 Å². The molecule has 1 aromatic heterocycles. The van der Waals surface area contributed by atoms with E-state index in [-0.39, 0.29) is 0 Å². The van der Waals surface area contributed by atoms with Crippen molar-refractivity contribution < 1.29 is 4.42 Å². The van der Waals surface area contributed by atoms with E-state index in [9.17, 15) is 0 Å². The Labute approximate surface area is 123 Å². The average Bonchev–Trinajstić information content (AvgIpc) is 2.74. The number of nitrogens with one attached hydrogen (secondary N) is 1. The average molecular weight is 278 g/mol. The highest BCUT2D eigenvalue weighted by Gasteiger charge is 2.35. The van der Waals surface area contributed by atoms with E-state index in [4.69, 9.17) is 4.42 Å². The van der Waals surface area contributed by atoms with Crippen LogP contribution in [0.25, 0.3) is 0 Å². The van der Waals surface area contributed by atoms with E-state index in [1.807, 2.05) is 6.92 Å². The Hall–Kier alpha value is -0.800. The zero-order chi connectivity index (χ0) is 14.6. The Balaban J connectivity index is 1.96. The van der Waals surface area contributed by atoms with Crippen molar-refractivity contribution in [1.29, 1.82) is 0 Å². The molecule has 1 heterocycles. The van der Waals surface area contributed by atoms with Gasteiger partial charge >= 0.3 is 0 Å². The number of hydrogen-bond acceptors (Lipinski definition) is 3. The Kier molecular flexibility index (Phi) is 5.28. The molecule has 114 valence electrons. The highest BCUT2D eigenvalue weighted by Crippen LogP contribution is 2.39. The first-order valence-corrected chi connectivity index (χ1v) is 7.91. The van der Waals surface area contributed by atoms with E-state index >= 15 is 0 Å². The lowest BCUT2D eigenvalue weighted by molar-refractivity contribution is 0.0879. The summed E-state index contributed by atoms with van der Waals surface area (Å²) in [5, 5.41) is 3.42. The molecule has 0 amide bonds. The molecule has 2 atom stereocenters. The van der Waals surface area contributed by atoms with Crippen LogP contribution in [0.1, 0.15) is 44.1 Å². The second-order valence-electron chi connectivity index (χ2n) is 6.92. The fourth-order valence-electron chi connectivity index (χ4n) is 3.97. The first-order chi connectivity index (χ1) is 9.53. The van der Waals surface area contributed by atoms with Gasteiger partial charge in [-0.2, -0.15) is 0 Å². The molecular formula is C17H30N2O. The first kappa shape index (κ1) is 15.6. The fraction of sp³-hybridized carbons (Fsp3) is 0.765. The minimum absolute atomic E-state index is 0.433. The summed E-state index contributed by atoms with van der Waals surface area (Å²) < 4.78 is 5.70. The molecule has 1 N–H and O–H groups in total. The topological polar surface area (TPSA) is 28.4 Å². The zero-order valence-corrected chi connectivity index (χ0v) is 13.5. The quantitative estimate of drug-likeness (QED) is 0.864. The van der Waals surface area contributed by atoms with Crippen molar-refractivity contribution in [3.05, 3.63) is 23.7 Å². The van der Waals surface area contributed by atoms with E-state index in [1.165, 1.54) is 25.7 Å². The maximum atomic E-state index is 5.70. The molecule has 0 saturated heterocycles. The second kappa shape index (κ2) is 6.77. The predicted molar refractivity (Wildman–Crippen MR) is 83.8 cm³/mol. The maximum Gasteiger partial charge on any atom is 0.118 e. The van der Waals surface area contributed by atoms with Crippen molar-refractivity contribution >= 4 is 0 Å². The van der Waals surface area contributed by atoms with Crippen LogP contribution in [-0.4, -0.2) is 32.1 Å². The lowest BCUT2D eigenvalue weighted by Crippen LogP contribution is -2.44. The van der Waals surface area contributed by atoms with Crippen molar-refractivity contribution in [2.24, 2.45) is 11.3 Å². The largest absolute Gasteiger partial charge is 0.465 e. The van der Waals surface area contributed by atoms with Gasteiger partial charge in [0.15, 0.2) is 0 Å². The molecular weight excluding hydrogens is 248 g/mol. The summed E-state index contributed by atoms with van der Waals surface area (Å²) in [6.45, 7) is 7.60. The van der Waals surface area contributed by atoms with Crippen LogP contribution in [0, 0.1) is 18.3 Å². The second-order valence-corrected chi connectivity index (χ2v) is 6.92. The summed E-state index contributed by atoms with van der Waals surface area (Å²) in [6.07, 6.45) is 5.46. The molecule has 0 bridgehead atoms. The van der Waals surface area contributed by atoms with Crippen LogP contribution < -0.4 is 5.32 Å². The molecule has 1 aliphatic carbocycles. The van der Waals surface area contributed by atoms with Gasteiger partial charge in [-0.25, -0.2) is 0 Å². The van der Waals surface area contributed by atoms with Gasteiger partial charge in [-0.3, -0.25) is 4.90 Å². The van der Waals surface area contributed by atoms with Gasteiger partial charge in [-0.15, -0.1) is 0 Å². The Morgan fingerprint density at radius 1 is 1.45 bits per heavy atom. The molecule has 3 nitrogen and oxygen atoms in total. The summed E-state index contributed by atoms with van der Waals surface area (Å²) in [4.78, 5) is 2.42. The molecule has 1 aromatic rings. The van der Waals surface area contributed by atoms with E-state index in [0.29, 0.717) is 5.41 Å². The van der Waals surface area contributed by atoms with Crippen LogP contribution in [0.4, 0.5) is 0 Å². The van der Waals surface area contributed by atoms with Crippen LogP contribution in [0.5, 0.6) is 0 Å². The summed E-state index contributed by atoms with van der Waals surface area (Å²) in [5.74, 6) is 2.94. The lowest BCUT2D eigenvalue weighted by Gasteiger charge is -2.42. The molecule has 0 aromatic carbocycles. The van der Waals surface area contributed by atoms with Gasteiger partial charge in [0.1, 0.15) is 11.5 Å². The van der Waals surface area contributed by atoms with E-state index in [1.54, 1.807) is 0 Å².